The number of urea groups is 1. The second-order valence-electron chi connectivity index (χ2n) is 5.10. The summed E-state index contributed by atoms with van der Waals surface area (Å²) in [4.78, 5) is 11.7. The number of carbonyl (C=O) groups excluding carboxylic acids is 1. The number of nitrogens with one attached hydrogen (secondary N) is 3. The van der Waals surface area contributed by atoms with Gasteiger partial charge in [-0.05, 0) is 30.5 Å². The van der Waals surface area contributed by atoms with E-state index in [4.69, 9.17) is 0 Å². The van der Waals surface area contributed by atoms with E-state index in [-0.39, 0.29) is 17.6 Å². The number of carbonyl (C=O) groups is 1. The molecule has 2 unspecified atom stereocenters. The number of amides is 2. The molecule has 0 saturated carbocycles. The molecule has 0 spiro atoms. The molecule has 2 amide bonds. The summed E-state index contributed by atoms with van der Waals surface area (Å²) in [5.74, 6) is 0.114. The number of alkyl halides is 3. The molecule has 2 atom stereocenters. The Bertz CT molecular complexity index is 538. The fraction of sp³-hybridized carbons (Fsp3) is 0.462. The Labute approximate surface area is 113 Å². The first-order chi connectivity index (χ1) is 9.47. The summed E-state index contributed by atoms with van der Waals surface area (Å²) >= 11 is 0. The molecule has 0 aliphatic carbocycles. The Hall–Kier alpha value is -1.76. The van der Waals surface area contributed by atoms with Gasteiger partial charge in [-0.1, -0.05) is 12.1 Å². The maximum atomic E-state index is 13.0. The van der Waals surface area contributed by atoms with Gasteiger partial charge in [0.1, 0.15) is 0 Å². The molecule has 7 heteroatoms. The zero-order chi connectivity index (χ0) is 14.3. The molecule has 108 valence electrons. The number of hydrogen-bond donors (Lipinski definition) is 3. The first-order valence-corrected chi connectivity index (χ1v) is 6.45. The second-order valence-corrected chi connectivity index (χ2v) is 5.10. The number of fused-ring (bicyclic) bond motifs is 1. The third-order valence-electron chi connectivity index (χ3n) is 3.83. The summed E-state index contributed by atoms with van der Waals surface area (Å²) in [6, 6.07) is 3.06. The average molecular weight is 285 g/mol. The Morgan fingerprint density at radius 3 is 2.70 bits per heavy atom. The highest BCUT2D eigenvalue weighted by molar-refractivity contribution is 5.94. The Balaban J connectivity index is 2.06. The predicted molar refractivity (Wildman–Crippen MR) is 67.3 cm³/mol. The molecule has 1 fully saturated rings. The van der Waals surface area contributed by atoms with Gasteiger partial charge in [-0.25, -0.2) is 4.79 Å². The largest absolute Gasteiger partial charge is 0.418 e. The van der Waals surface area contributed by atoms with E-state index in [0.717, 1.165) is 19.0 Å². The molecule has 0 radical (unpaired) electrons. The van der Waals surface area contributed by atoms with E-state index in [1.165, 1.54) is 6.07 Å². The zero-order valence-corrected chi connectivity index (χ0v) is 10.6. The lowest BCUT2D eigenvalue weighted by atomic mass is 9.88. The molecular formula is C13H14F3N3O. The number of halogens is 3. The molecular weight excluding hydrogens is 271 g/mol. The van der Waals surface area contributed by atoms with Gasteiger partial charge in [-0.15, -0.1) is 0 Å². The zero-order valence-electron chi connectivity index (χ0n) is 10.6. The van der Waals surface area contributed by atoms with Crippen LogP contribution in [0.15, 0.2) is 18.2 Å². The van der Waals surface area contributed by atoms with Crippen molar-refractivity contribution in [2.75, 3.05) is 18.4 Å². The molecule has 1 aromatic rings. The van der Waals surface area contributed by atoms with Crippen LogP contribution in [0.3, 0.4) is 0 Å². The summed E-state index contributed by atoms with van der Waals surface area (Å²) in [5, 5.41) is 8.20. The van der Waals surface area contributed by atoms with Crippen LogP contribution in [0.1, 0.15) is 23.6 Å². The normalized spacial score (nSPS) is 25.9. The van der Waals surface area contributed by atoms with E-state index in [1.54, 1.807) is 6.07 Å². The molecule has 1 saturated heterocycles. The van der Waals surface area contributed by atoms with Gasteiger partial charge in [0.15, 0.2) is 0 Å². The lowest BCUT2D eigenvalue weighted by Gasteiger charge is -2.32. The van der Waals surface area contributed by atoms with E-state index in [1.807, 2.05) is 0 Å². The third kappa shape index (κ3) is 2.22. The second kappa shape index (κ2) is 4.66. The standard InChI is InChI=1S/C13H14F3N3O/c14-13(15,16)9-3-1-2-8-10(7-4-5-17-6-7)18-12(20)19-11(8)9/h1-3,7,10,17H,4-6H2,(H2,18,19,20). The van der Waals surface area contributed by atoms with Crippen molar-refractivity contribution in [3.05, 3.63) is 29.3 Å². The number of para-hydroxylation sites is 1. The molecule has 4 nitrogen and oxygen atoms in total. The van der Waals surface area contributed by atoms with Crippen molar-refractivity contribution in [3.8, 4) is 0 Å². The molecule has 3 N–H and O–H groups in total. The van der Waals surface area contributed by atoms with Gasteiger partial charge in [-0.2, -0.15) is 13.2 Å². The fourth-order valence-electron chi connectivity index (χ4n) is 2.91. The lowest BCUT2D eigenvalue weighted by molar-refractivity contribution is -0.137. The minimum absolute atomic E-state index is 0.111. The van der Waals surface area contributed by atoms with Crippen molar-refractivity contribution in [2.45, 2.75) is 18.6 Å². The fourth-order valence-corrected chi connectivity index (χ4v) is 2.91. The molecule has 0 aromatic heterocycles. The summed E-state index contributed by atoms with van der Waals surface area (Å²) in [7, 11) is 0. The van der Waals surface area contributed by atoms with Gasteiger partial charge in [0.2, 0.25) is 0 Å². The first kappa shape index (κ1) is 13.2. The van der Waals surface area contributed by atoms with Crippen LogP contribution in [-0.2, 0) is 6.18 Å². The molecule has 20 heavy (non-hydrogen) atoms. The molecule has 2 aliphatic rings. The third-order valence-corrected chi connectivity index (χ3v) is 3.83. The Morgan fingerprint density at radius 2 is 2.05 bits per heavy atom. The van der Waals surface area contributed by atoms with Crippen LogP contribution >= 0.6 is 0 Å². The highest BCUT2D eigenvalue weighted by Gasteiger charge is 2.39. The van der Waals surface area contributed by atoms with E-state index < -0.39 is 17.8 Å². The van der Waals surface area contributed by atoms with Gasteiger partial charge >= 0.3 is 12.2 Å². The maximum absolute atomic E-state index is 13.0. The van der Waals surface area contributed by atoms with Crippen LogP contribution in [0.2, 0.25) is 0 Å². The summed E-state index contributed by atoms with van der Waals surface area (Å²) in [5.41, 5.74) is -0.394. The quantitative estimate of drug-likeness (QED) is 0.742. The summed E-state index contributed by atoms with van der Waals surface area (Å²) < 4.78 is 39.1. The van der Waals surface area contributed by atoms with Crippen molar-refractivity contribution in [2.24, 2.45) is 5.92 Å². The van der Waals surface area contributed by atoms with Gasteiger partial charge in [0, 0.05) is 6.54 Å². The van der Waals surface area contributed by atoms with Gasteiger partial charge in [0.25, 0.3) is 0 Å². The van der Waals surface area contributed by atoms with Crippen molar-refractivity contribution in [1.82, 2.24) is 10.6 Å². The van der Waals surface area contributed by atoms with Crippen molar-refractivity contribution >= 4 is 11.7 Å². The summed E-state index contributed by atoms with van der Waals surface area (Å²) in [6.45, 7) is 1.51. The van der Waals surface area contributed by atoms with Crippen LogP contribution < -0.4 is 16.0 Å². The van der Waals surface area contributed by atoms with E-state index >= 15 is 0 Å². The van der Waals surface area contributed by atoms with Crippen molar-refractivity contribution < 1.29 is 18.0 Å². The van der Waals surface area contributed by atoms with Crippen molar-refractivity contribution in [1.29, 1.82) is 0 Å². The average Bonchev–Trinajstić information content (AvgIpc) is 2.89. The lowest BCUT2D eigenvalue weighted by Crippen LogP contribution is -2.42. The van der Waals surface area contributed by atoms with Crippen LogP contribution in [0.5, 0.6) is 0 Å². The molecule has 1 aromatic carbocycles. The minimum atomic E-state index is -4.48. The number of rotatable bonds is 1. The maximum Gasteiger partial charge on any atom is 0.418 e. The van der Waals surface area contributed by atoms with Gasteiger partial charge in [-0.3, -0.25) is 0 Å². The predicted octanol–water partition coefficient (Wildman–Crippen LogP) is 2.49. The highest BCUT2D eigenvalue weighted by atomic mass is 19.4. The number of benzene rings is 1. The monoisotopic (exact) mass is 285 g/mol. The number of anilines is 1. The Kier molecular flexibility index (Phi) is 3.08. The van der Waals surface area contributed by atoms with Crippen LogP contribution in [-0.4, -0.2) is 19.1 Å². The van der Waals surface area contributed by atoms with E-state index in [9.17, 15) is 18.0 Å². The smallest absolute Gasteiger partial charge is 0.331 e. The Morgan fingerprint density at radius 1 is 1.25 bits per heavy atom. The molecule has 3 rings (SSSR count). The van der Waals surface area contributed by atoms with Crippen molar-refractivity contribution in [3.63, 3.8) is 0 Å². The van der Waals surface area contributed by atoms with Gasteiger partial charge in [0.05, 0.1) is 17.3 Å². The molecule has 2 heterocycles. The first-order valence-electron chi connectivity index (χ1n) is 6.45. The van der Waals surface area contributed by atoms with Crippen LogP contribution in [0.25, 0.3) is 0 Å². The molecule has 0 bridgehead atoms. The SMILES string of the molecule is O=C1Nc2c(cccc2C(F)(F)F)C(C2CCNC2)N1. The van der Waals surface area contributed by atoms with E-state index in [2.05, 4.69) is 16.0 Å². The molecule has 2 aliphatic heterocycles. The van der Waals surface area contributed by atoms with Crippen LogP contribution in [0.4, 0.5) is 23.7 Å². The summed E-state index contributed by atoms with van der Waals surface area (Å²) in [6.07, 6.45) is -3.64. The van der Waals surface area contributed by atoms with Gasteiger partial charge < -0.3 is 16.0 Å². The number of hydrogen-bond acceptors (Lipinski definition) is 2. The topological polar surface area (TPSA) is 53.2 Å². The van der Waals surface area contributed by atoms with E-state index in [0.29, 0.717) is 12.1 Å². The highest BCUT2D eigenvalue weighted by Crippen LogP contribution is 2.42. The van der Waals surface area contributed by atoms with Crippen LogP contribution in [0, 0.1) is 5.92 Å². The minimum Gasteiger partial charge on any atom is -0.331 e.